The standard InChI is InChI=1S/C22H22F4N2O5/c1-10-16(13-5-6-14(23)17(24)18(13)32-21(25)26)19(33-22(10,3)4)20(30)27-12-7-8-28(31)15(9-12)11(2)29/h5-10,16,19,21,31H,1-4H3/t10-,16+,19-/m1/s1. The summed E-state index contributed by atoms with van der Waals surface area (Å²) in [6.07, 6.45) is -0.228. The highest BCUT2D eigenvalue weighted by Gasteiger charge is 2.51. The van der Waals surface area contributed by atoms with Gasteiger partial charge in [0.05, 0.1) is 11.0 Å². The van der Waals surface area contributed by atoms with Crippen LogP contribution in [0.1, 0.15) is 49.7 Å². The summed E-state index contributed by atoms with van der Waals surface area (Å²) in [6, 6.07) is 4.29. The van der Waals surface area contributed by atoms with Crippen molar-refractivity contribution >= 4 is 11.7 Å². The van der Waals surface area contributed by atoms with E-state index in [1.165, 1.54) is 19.1 Å². The zero-order valence-corrected chi connectivity index (χ0v) is 18.2. The molecule has 1 amide bonds. The fourth-order valence-corrected chi connectivity index (χ4v) is 3.86. The van der Waals surface area contributed by atoms with Gasteiger partial charge in [0.15, 0.2) is 17.3 Å². The minimum atomic E-state index is -3.43. The smallest absolute Gasteiger partial charge is 0.387 e. The van der Waals surface area contributed by atoms with E-state index in [1.54, 1.807) is 20.8 Å². The van der Waals surface area contributed by atoms with Gasteiger partial charge in [-0.15, -0.1) is 0 Å². The molecule has 0 bridgehead atoms. The number of carbonyl (C=O) groups excluding carboxylic acids is 2. The molecule has 2 aromatic rings. The lowest BCUT2D eigenvalue weighted by molar-refractivity contribution is -0.133. The molecule has 0 saturated carbocycles. The lowest BCUT2D eigenvalue weighted by atomic mass is 9.78. The first-order valence-electron chi connectivity index (χ1n) is 9.95. The largest absolute Gasteiger partial charge is 0.431 e. The predicted octanol–water partition coefficient (Wildman–Crippen LogP) is 3.83. The molecule has 1 fully saturated rings. The third kappa shape index (κ3) is 4.77. The van der Waals surface area contributed by atoms with Gasteiger partial charge in [0.1, 0.15) is 11.8 Å². The van der Waals surface area contributed by atoms with Crippen LogP contribution >= 0.6 is 0 Å². The lowest BCUT2D eigenvalue weighted by Gasteiger charge is -2.26. The van der Waals surface area contributed by atoms with Crippen LogP contribution in [0.5, 0.6) is 5.75 Å². The summed E-state index contributed by atoms with van der Waals surface area (Å²) in [4.78, 5) is 28.7. The van der Waals surface area contributed by atoms with Crippen molar-refractivity contribution in [1.82, 2.24) is 4.73 Å². The van der Waals surface area contributed by atoms with E-state index in [-0.39, 0.29) is 16.6 Å². The van der Waals surface area contributed by atoms with Gasteiger partial charge < -0.3 is 14.7 Å². The predicted molar refractivity (Wildman–Crippen MR) is 106 cm³/mol. The summed E-state index contributed by atoms with van der Waals surface area (Å²) in [5, 5.41) is 9.73. The number of aromatic nitrogens is 1. The SMILES string of the molecule is CC(=O)c1cc(=NC(=O)[C@@H]2OC(C)(C)[C@H](C)[C@H]2c2ccc(F)c(F)c2OC(F)F)ccn1O. The molecule has 11 heteroatoms. The second-order valence-corrected chi connectivity index (χ2v) is 8.24. The molecule has 0 radical (unpaired) electrons. The highest BCUT2D eigenvalue weighted by molar-refractivity contribution is 5.92. The Hall–Kier alpha value is -3.21. The number of benzene rings is 1. The van der Waals surface area contributed by atoms with Crippen molar-refractivity contribution in [3.05, 3.63) is 58.7 Å². The van der Waals surface area contributed by atoms with Gasteiger partial charge in [0, 0.05) is 24.6 Å². The van der Waals surface area contributed by atoms with E-state index in [4.69, 9.17) is 4.74 Å². The van der Waals surface area contributed by atoms with Crippen molar-refractivity contribution in [2.24, 2.45) is 10.9 Å². The van der Waals surface area contributed by atoms with Gasteiger partial charge in [-0.25, -0.2) is 9.38 Å². The third-order valence-electron chi connectivity index (χ3n) is 5.80. The summed E-state index contributed by atoms with van der Waals surface area (Å²) >= 11 is 0. The Balaban J connectivity index is 2.11. The second kappa shape index (κ2) is 8.97. The van der Waals surface area contributed by atoms with Gasteiger partial charge in [0.25, 0.3) is 5.91 Å². The fourth-order valence-electron chi connectivity index (χ4n) is 3.86. The number of hydrogen-bond acceptors (Lipinski definition) is 5. The number of nitrogens with zero attached hydrogens (tertiary/aromatic N) is 2. The van der Waals surface area contributed by atoms with Crippen molar-refractivity contribution in [2.75, 3.05) is 0 Å². The van der Waals surface area contributed by atoms with Crippen LogP contribution in [-0.4, -0.2) is 39.9 Å². The molecule has 7 nitrogen and oxygen atoms in total. The van der Waals surface area contributed by atoms with Crippen LogP contribution in [0.15, 0.2) is 35.5 Å². The molecule has 0 aliphatic carbocycles. The maximum Gasteiger partial charge on any atom is 0.387 e. The summed E-state index contributed by atoms with van der Waals surface area (Å²) in [5.74, 6) is -6.83. The first-order valence-corrected chi connectivity index (χ1v) is 9.95. The molecular formula is C22H22F4N2O5. The Kier molecular flexibility index (Phi) is 6.64. The molecule has 1 aliphatic heterocycles. The average molecular weight is 470 g/mol. The van der Waals surface area contributed by atoms with E-state index in [1.807, 2.05) is 0 Å². The van der Waals surface area contributed by atoms with Crippen molar-refractivity contribution in [3.63, 3.8) is 0 Å². The summed E-state index contributed by atoms with van der Waals surface area (Å²) < 4.78 is 64.8. The Morgan fingerprint density at radius 3 is 2.52 bits per heavy atom. The van der Waals surface area contributed by atoms with Gasteiger partial charge in [-0.2, -0.15) is 17.9 Å². The topological polar surface area (TPSA) is 90.1 Å². The van der Waals surface area contributed by atoms with Crippen LogP contribution in [-0.2, 0) is 9.53 Å². The van der Waals surface area contributed by atoms with Gasteiger partial charge in [-0.3, -0.25) is 9.59 Å². The lowest BCUT2D eigenvalue weighted by Crippen LogP contribution is -2.29. The summed E-state index contributed by atoms with van der Waals surface area (Å²) in [5.41, 5.74) is -1.25. The molecule has 1 aromatic carbocycles. The Morgan fingerprint density at radius 1 is 1.24 bits per heavy atom. The van der Waals surface area contributed by atoms with Crippen molar-refractivity contribution in [1.29, 1.82) is 0 Å². The Labute approximate surface area is 186 Å². The molecule has 3 rings (SSSR count). The van der Waals surface area contributed by atoms with Gasteiger partial charge in [-0.05, 0) is 38.0 Å². The van der Waals surface area contributed by atoms with Crippen LogP contribution in [0.2, 0.25) is 0 Å². The van der Waals surface area contributed by atoms with Crippen molar-refractivity contribution < 1.29 is 41.8 Å². The molecule has 3 atom stereocenters. The Bertz CT molecular complexity index is 1160. The minimum absolute atomic E-state index is 0.0320. The van der Waals surface area contributed by atoms with E-state index >= 15 is 0 Å². The molecule has 0 spiro atoms. The zero-order valence-electron chi connectivity index (χ0n) is 18.2. The molecular weight excluding hydrogens is 448 g/mol. The number of pyridine rings is 1. The normalized spacial score (nSPS) is 22.6. The van der Waals surface area contributed by atoms with Crippen LogP contribution < -0.4 is 10.1 Å². The molecule has 178 valence electrons. The number of Topliss-reactive ketones (excluding diaryl/α,β-unsaturated/α-hetero) is 1. The minimum Gasteiger partial charge on any atom is -0.431 e. The van der Waals surface area contributed by atoms with Gasteiger partial charge >= 0.3 is 6.61 Å². The Morgan fingerprint density at radius 2 is 1.91 bits per heavy atom. The average Bonchev–Trinajstić information content (AvgIpc) is 2.96. The number of hydrogen-bond donors (Lipinski definition) is 1. The third-order valence-corrected chi connectivity index (χ3v) is 5.80. The molecule has 1 aromatic heterocycles. The summed E-state index contributed by atoms with van der Waals surface area (Å²) in [7, 11) is 0. The van der Waals surface area contributed by atoms with E-state index in [0.29, 0.717) is 4.73 Å². The summed E-state index contributed by atoms with van der Waals surface area (Å²) in [6.45, 7) is 2.79. The number of carbonyl (C=O) groups is 2. The zero-order chi connectivity index (χ0) is 24.7. The van der Waals surface area contributed by atoms with E-state index in [2.05, 4.69) is 9.73 Å². The van der Waals surface area contributed by atoms with Crippen LogP contribution in [0.3, 0.4) is 0 Å². The van der Waals surface area contributed by atoms with E-state index in [0.717, 1.165) is 18.3 Å². The molecule has 0 unspecified atom stereocenters. The quantitative estimate of drug-likeness (QED) is 0.408. The number of ketones is 1. The van der Waals surface area contributed by atoms with Crippen molar-refractivity contribution in [2.45, 2.75) is 51.9 Å². The number of halogens is 4. The fraction of sp³-hybridized carbons (Fsp3) is 0.409. The first-order chi connectivity index (χ1) is 15.3. The molecule has 1 N–H and O–H groups in total. The molecule has 1 saturated heterocycles. The first kappa shape index (κ1) is 24.4. The number of ether oxygens (including phenoxy) is 2. The highest BCUT2D eigenvalue weighted by Crippen LogP contribution is 2.49. The van der Waals surface area contributed by atoms with Gasteiger partial charge in [0.2, 0.25) is 5.82 Å². The van der Waals surface area contributed by atoms with E-state index in [9.17, 15) is 32.4 Å². The second-order valence-electron chi connectivity index (χ2n) is 8.24. The van der Waals surface area contributed by atoms with Gasteiger partial charge in [-0.1, -0.05) is 13.0 Å². The highest BCUT2D eigenvalue weighted by atomic mass is 19.3. The number of amides is 1. The van der Waals surface area contributed by atoms with Crippen molar-refractivity contribution in [3.8, 4) is 5.75 Å². The molecule has 1 aliphatic rings. The molecule has 2 heterocycles. The number of rotatable bonds is 5. The molecule has 33 heavy (non-hydrogen) atoms. The van der Waals surface area contributed by atoms with Crippen LogP contribution in [0, 0.1) is 17.6 Å². The number of alkyl halides is 2. The van der Waals surface area contributed by atoms with Crippen LogP contribution in [0.25, 0.3) is 0 Å². The monoisotopic (exact) mass is 470 g/mol. The van der Waals surface area contributed by atoms with Crippen LogP contribution in [0.4, 0.5) is 17.6 Å². The maximum atomic E-state index is 14.4. The maximum absolute atomic E-state index is 14.4. The van der Waals surface area contributed by atoms with E-state index < -0.39 is 59.2 Å².